The first-order chi connectivity index (χ1) is 15.3. The van der Waals surface area contributed by atoms with Gasteiger partial charge in [-0.2, -0.15) is 18.3 Å². The Kier molecular flexibility index (Phi) is 6.40. The van der Waals surface area contributed by atoms with E-state index in [0.29, 0.717) is 12.2 Å². The number of carbonyl (C=O) groups is 1. The molecule has 0 saturated carbocycles. The van der Waals surface area contributed by atoms with Gasteiger partial charge in [-0.05, 0) is 75.1 Å². The van der Waals surface area contributed by atoms with E-state index in [1.807, 2.05) is 26.0 Å². The van der Waals surface area contributed by atoms with Gasteiger partial charge in [0.05, 0.1) is 17.8 Å². The number of hydrogen-bond donors (Lipinski definition) is 1. The molecule has 0 atom stereocenters. The average molecular weight is 463 g/mol. The SMILES string of the molecule is Cc1cc(CCn2ncn(-c3ccc(C(F)(F)F)cc3)c2=O)cc(C)c1OC(C)(C)C(=O)O. The van der Waals surface area contributed by atoms with Crippen LogP contribution in [0.4, 0.5) is 13.2 Å². The van der Waals surface area contributed by atoms with Gasteiger partial charge in [-0.1, -0.05) is 12.1 Å². The van der Waals surface area contributed by atoms with Crippen LogP contribution in [0.5, 0.6) is 5.75 Å². The predicted molar refractivity (Wildman–Crippen MR) is 115 cm³/mol. The summed E-state index contributed by atoms with van der Waals surface area (Å²) in [6.45, 7) is 6.83. The maximum absolute atomic E-state index is 12.7. The number of ether oxygens (including phenoxy) is 1. The third-order valence-corrected chi connectivity index (χ3v) is 5.21. The van der Waals surface area contributed by atoms with E-state index >= 15 is 0 Å². The number of halogens is 3. The van der Waals surface area contributed by atoms with Crippen molar-refractivity contribution in [3.63, 3.8) is 0 Å². The molecule has 10 heteroatoms. The lowest BCUT2D eigenvalue weighted by atomic mass is 10.0. The maximum Gasteiger partial charge on any atom is 0.416 e. The first-order valence-corrected chi connectivity index (χ1v) is 10.1. The van der Waals surface area contributed by atoms with Crippen molar-refractivity contribution >= 4 is 5.97 Å². The van der Waals surface area contributed by atoms with Crippen molar-refractivity contribution in [3.05, 3.63) is 75.5 Å². The lowest BCUT2D eigenvalue weighted by Gasteiger charge is -2.24. The first kappa shape index (κ1) is 24.1. The molecule has 1 aromatic heterocycles. The molecule has 0 saturated heterocycles. The Labute approximate surface area is 188 Å². The fourth-order valence-corrected chi connectivity index (χ4v) is 3.36. The number of aryl methyl sites for hydroxylation is 4. The molecule has 0 aliphatic heterocycles. The van der Waals surface area contributed by atoms with Gasteiger partial charge in [0, 0.05) is 0 Å². The number of carboxylic acid groups (broad SMARTS) is 1. The number of aromatic nitrogens is 3. The monoisotopic (exact) mass is 463 g/mol. The van der Waals surface area contributed by atoms with Gasteiger partial charge in [0.2, 0.25) is 0 Å². The Balaban J connectivity index is 1.75. The van der Waals surface area contributed by atoms with Crippen molar-refractivity contribution in [3.8, 4) is 11.4 Å². The summed E-state index contributed by atoms with van der Waals surface area (Å²) >= 11 is 0. The molecule has 0 aliphatic carbocycles. The zero-order chi connectivity index (χ0) is 24.6. The van der Waals surface area contributed by atoms with Crippen LogP contribution in [-0.2, 0) is 23.9 Å². The first-order valence-electron chi connectivity index (χ1n) is 10.1. The molecule has 3 aromatic rings. The molecule has 2 aromatic carbocycles. The summed E-state index contributed by atoms with van der Waals surface area (Å²) in [5.41, 5.74) is 0.0805. The van der Waals surface area contributed by atoms with Crippen LogP contribution in [0.15, 0.2) is 47.5 Å². The van der Waals surface area contributed by atoms with E-state index in [2.05, 4.69) is 5.10 Å². The molecule has 7 nitrogen and oxygen atoms in total. The van der Waals surface area contributed by atoms with Gasteiger partial charge in [0.1, 0.15) is 12.1 Å². The molecular weight excluding hydrogens is 439 g/mol. The van der Waals surface area contributed by atoms with Gasteiger partial charge in [-0.25, -0.2) is 18.8 Å². The van der Waals surface area contributed by atoms with Crippen LogP contribution in [0.1, 0.15) is 36.1 Å². The highest BCUT2D eigenvalue weighted by Crippen LogP contribution is 2.30. The third kappa shape index (κ3) is 5.27. The molecule has 33 heavy (non-hydrogen) atoms. The van der Waals surface area contributed by atoms with Gasteiger partial charge in [-0.3, -0.25) is 0 Å². The van der Waals surface area contributed by atoms with Crippen LogP contribution >= 0.6 is 0 Å². The molecule has 0 amide bonds. The zero-order valence-electron chi connectivity index (χ0n) is 18.6. The van der Waals surface area contributed by atoms with Crippen LogP contribution in [-0.4, -0.2) is 31.0 Å². The number of carboxylic acids is 1. The molecule has 0 unspecified atom stereocenters. The van der Waals surface area contributed by atoms with Crippen molar-refractivity contribution in [2.75, 3.05) is 0 Å². The topological polar surface area (TPSA) is 86.4 Å². The molecule has 0 spiro atoms. The predicted octanol–water partition coefficient (Wildman–Crippen LogP) is 4.15. The summed E-state index contributed by atoms with van der Waals surface area (Å²) in [5.74, 6) is -0.580. The van der Waals surface area contributed by atoms with Crippen LogP contribution < -0.4 is 10.4 Å². The summed E-state index contributed by atoms with van der Waals surface area (Å²) in [6.07, 6.45) is -2.71. The van der Waals surface area contributed by atoms with Crippen molar-refractivity contribution in [2.45, 2.75) is 52.4 Å². The number of benzene rings is 2. The van der Waals surface area contributed by atoms with Gasteiger partial charge < -0.3 is 9.84 Å². The highest BCUT2D eigenvalue weighted by Gasteiger charge is 2.31. The largest absolute Gasteiger partial charge is 0.478 e. The summed E-state index contributed by atoms with van der Waals surface area (Å²) in [5, 5.41) is 13.4. The lowest BCUT2D eigenvalue weighted by molar-refractivity contribution is -0.152. The van der Waals surface area contributed by atoms with E-state index in [9.17, 15) is 27.9 Å². The highest BCUT2D eigenvalue weighted by atomic mass is 19.4. The van der Waals surface area contributed by atoms with E-state index in [-0.39, 0.29) is 12.2 Å². The number of hydrogen-bond acceptors (Lipinski definition) is 4. The lowest BCUT2D eigenvalue weighted by Crippen LogP contribution is -2.38. The van der Waals surface area contributed by atoms with Crippen LogP contribution in [0.3, 0.4) is 0 Å². The normalized spacial score (nSPS) is 12.1. The van der Waals surface area contributed by atoms with E-state index in [4.69, 9.17) is 4.74 Å². The number of rotatable bonds is 7. The number of nitrogens with zero attached hydrogens (tertiary/aromatic N) is 3. The molecule has 0 bridgehead atoms. The highest BCUT2D eigenvalue weighted by molar-refractivity contribution is 5.77. The van der Waals surface area contributed by atoms with E-state index in [0.717, 1.165) is 28.8 Å². The second-order valence-corrected chi connectivity index (χ2v) is 8.28. The van der Waals surface area contributed by atoms with Crippen molar-refractivity contribution in [1.82, 2.24) is 14.3 Å². The summed E-state index contributed by atoms with van der Waals surface area (Å²) in [7, 11) is 0. The zero-order valence-corrected chi connectivity index (χ0v) is 18.6. The minimum absolute atomic E-state index is 0.256. The molecule has 3 rings (SSSR count). The van der Waals surface area contributed by atoms with Crippen molar-refractivity contribution < 1.29 is 27.8 Å². The summed E-state index contributed by atoms with van der Waals surface area (Å²) < 4.78 is 46.4. The van der Waals surface area contributed by atoms with Crippen LogP contribution in [0.2, 0.25) is 0 Å². The Hall–Kier alpha value is -3.56. The summed E-state index contributed by atoms with van der Waals surface area (Å²) in [4.78, 5) is 24.0. The standard InChI is InChI=1S/C23H24F3N3O4/c1-14-11-16(12-15(2)19(14)33-22(3,4)20(30)31)9-10-29-21(32)28(13-27-29)18-7-5-17(6-8-18)23(24,25)26/h5-8,11-13H,9-10H2,1-4H3,(H,30,31). The molecule has 1 heterocycles. The van der Waals surface area contributed by atoms with Gasteiger partial charge in [0.25, 0.3) is 0 Å². The van der Waals surface area contributed by atoms with Crippen LogP contribution in [0, 0.1) is 13.8 Å². The maximum atomic E-state index is 12.7. The Bertz CT molecular complexity index is 1200. The molecule has 0 radical (unpaired) electrons. The minimum Gasteiger partial charge on any atom is -0.478 e. The number of alkyl halides is 3. The Morgan fingerprint density at radius 1 is 1.09 bits per heavy atom. The van der Waals surface area contributed by atoms with E-state index in [1.165, 1.54) is 41.6 Å². The Morgan fingerprint density at radius 3 is 2.18 bits per heavy atom. The van der Waals surface area contributed by atoms with Gasteiger partial charge in [0.15, 0.2) is 5.60 Å². The van der Waals surface area contributed by atoms with Gasteiger partial charge in [-0.15, -0.1) is 0 Å². The Morgan fingerprint density at radius 2 is 1.67 bits per heavy atom. The summed E-state index contributed by atoms with van der Waals surface area (Å²) in [6, 6.07) is 8.00. The second-order valence-electron chi connectivity index (χ2n) is 8.28. The van der Waals surface area contributed by atoms with Crippen molar-refractivity contribution in [2.24, 2.45) is 0 Å². The molecule has 1 N–H and O–H groups in total. The van der Waals surface area contributed by atoms with Gasteiger partial charge >= 0.3 is 17.8 Å². The second kappa shape index (κ2) is 8.76. The third-order valence-electron chi connectivity index (χ3n) is 5.21. The molecular formula is C23H24F3N3O4. The fourth-order valence-electron chi connectivity index (χ4n) is 3.36. The smallest absolute Gasteiger partial charge is 0.416 e. The fraction of sp³-hybridized carbons (Fsp3) is 0.348. The number of aliphatic carboxylic acids is 1. The van der Waals surface area contributed by atoms with E-state index in [1.54, 1.807) is 0 Å². The minimum atomic E-state index is -4.45. The van der Waals surface area contributed by atoms with E-state index < -0.39 is 29.0 Å². The molecule has 0 aliphatic rings. The average Bonchev–Trinajstić information content (AvgIpc) is 3.09. The molecule has 0 fully saturated rings. The van der Waals surface area contributed by atoms with Crippen molar-refractivity contribution in [1.29, 1.82) is 0 Å². The molecule has 176 valence electrons. The van der Waals surface area contributed by atoms with Crippen LogP contribution in [0.25, 0.3) is 5.69 Å². The quantitative estimate of drug-likeness (QED) is 0.569.